The molecule has 1 saturated carbocycles. The zero-order chi connectivity index (χ0) is 21.9. The lowest BCUT2D eigenvalue weighted by Crippen LogP contribution is -2.22. The number of halogens is 2. The van der Waals surface area contributed by atoms with Crippen molar-refractivity contribution in [2.45, 2.75) is 77.2 Å². The van der Waals surface area contributed by atoms with Crippen molar-refractivity contribution >= 4 is 11.6 Å². The van der Waals surface area contributed by atoms with Gasteiger partial charge < -0.3 is 4.74 Å². The van der Waals surface area contributed by atoms with E-state index in [2.05, 4.69) is 30.9 Å². The topological polar surface area (TPSA) is 9.23 Å². The third kappa shape index (κ3) is 8.32. The predicted octanol–water partition coefficient (Wildman–Crippen LogP) is 7.97. The summed E-state index contributed by atoms with van der Waals surface area (Å²) in [5.74, 6) is 6.36. The van der Waals surface area contributed by atoms with Crippen LogP contribution in [-0.4, -0.2) is 12.7 Å². The molecule has 0 radical (unpaired) electrons. The minimum Gasteiger partial charge on any atom is -0.378 e. The highest BCUT2D eigenvalue weighted by molar-refractivity contribution is 6.30. The number of aryl methyl sites for hydroxylation is 1. The molecule has 1 fully saturated rings. The largest absolute Gasteiger partial charge is 0.378 e. The molecular weight excluding hydrogens is 407 g/mol. The molecule has 166 valence electrons. The third-order valence-electron chi connectivity index (χ3n) is 6.21. The Hall–Kier alpha value is -1.82. The Morgan fingerprint density at radius 2 is 1.74 bits per heavy atom. The molecule has 0 aromatic heterocycles. The van der Waals surface area contributed by atoms with Crippen molar-refractivity contribution in [2.75, 3.05) is 6.61 Å². The van der Waals surface area contributed by atoms with E-state index in [-0.39, 0.29) is 5.82 Å². The Bertz CT molecular complexity index is 857. The van der Waals surface area contributed by atoms with Gasteiger partial charge in [0.1, 0.15) is 5.82 Å². The Morgan fingerprint density at radius 3 is 2.45 bits per heavy atom. The molecule has 0 spiro atoms. The minimum atomic E-state index is -0.381. The van der Waals surface area contributed by atoms with E-state index in [0.29, 0.717) is 16.7 Å². The standard InChI is InChI=1S/C28H34ClFO/c1-2-3-4-5-20-31-27-18-13-24(14-19-27)11-8-22-6-9-23(10-7-22)12-15-25-16-17-26(29)21-28(25)30/h6-7,9-10,16-17,21,24,27H,2-5,8,11,13-14,18-20H2,1H3. The first-order chi connectivity index (χ1) is 15.1. The smallest absolute Gasteiger partial charge is 0.140 e. The number of benzene rings is 2. The number of unbranched alkanes of at least 4 members (excludes halogenated alkanes) is 3. The predicted molar refractivity (Wildman–Crippen MR) is 128 cm³/mol. The van der Waals surface area contributed by atoms with Crippen LogP contribution in [-0.2, 0) is 11.2 Å². The van der Waals surface area contributed by atoms with Crippen LogP contribution in [0.4, 0.5) is 4.39 Å². The van der Waals surface area contributed by atoms with Gasteiger partial charge in [0.05, 0.1) is 11.7 Å². The summed E-state index contributed by atoms with van der Waals surface area (Å²) < 4.78 is 19.9. The van der Waals surface area contributed by atoms with Crippen molar-refractivity contribution in [1.29, 1.82) is 0 Å². The highest BCUT2D eigenvalue weighted by Gasteiger charge is 2.21. The molecule has 0 atom stereocenters. The molecule has 0 heterocycles. The monoisotopic (exact) mass is 440 g/mol. The van der Waals surface area contributed by atoms with Crippen LogP contribution in [0.5, 0.6) is 0 Å². The number of rotatable bonds is 9. The van der Waals surface area contributed by atoms with Gasteiger partial charge in [0.2, 0.25) is 0 Å². The maximum absolute atomic E-state index is 13.8. The second-order valence-corrected chi connectivity index (χ2v) is 9.12. The average Bonchev–Trinajstić information content (AvgIpc) is 2.78. The van der Waals surface area contributed by atoms with Crippen LogP contribution in [0.3, 0.4) is 0 Å². The lowest BCUT2D eigenvalue weighted by molar-refractivity contribution is 0.0154. The fourth-order valence-corrected chi connectivity index (χ4v) is 4.38. The van der Waals surface area contributed by atoms with E-state index in [9.17, 15) is 4.39 Å². The van der Waals surface area contributed by atoms with Crippen molar-refractivity contribution in [3.05, 3.63) is 70.0 Å². The third-order valence-corrected chi connectivity index (χ3v) is 6.45. The summed E-state index contributed by atoms with van der Waals surface area (Å²) in [6.45, 7) is 3.19. The fraction of sp³-hybridized carbons (Fsp3) is 0.500. The highest BCUT2D eigenvalue weighted by atomic mass is 35.5. The van der Waals surface area contributed by atoms with Crippen molar-refractivity contribution in [3.63, 3.8) is 0 Å². The van der Waals surface area contributed by atoms with Crippen molar-refractivity contribution < 1.29 is 9.13 Å². The zero-order valence-corrected chi connectivity index (χ0v) is 19.4. The lowest BCUT2D eigenvalue weighted by Gasteiger charge is -2.28. The summed E-state index contributed by atoms with van der Waals surface area (Å²) in [5.41, 5.74) is 2.61. The summed E-state index contributed by atoms with van der Waals surface area (Å²) in [7, 11) is 0. The first-order valence-electron chi connectivity index (χ1n) is 11.8. The molecule has 3 rings (SSSR count). The maximum atomic E-state index is 13.8. The van der Waals surface area contributed by atoms with Crippen molar-refractivity contribution in [1.82, 2.24) is 0 Å². The van der Waals surface area contributed by atoms with Gasteiger partial charge in [-0.15, -0.1) is 0 Å². The Morgan fingerprint density at radius 1 is 0.968 bits per heavy atom. The molecule has 1 aliphatic rings. The van der Waals surface area contributed by atoms with Crippen LogP contribution in [0.1, 0.15) is 81.4 Å². The van der Waals surface area contributed by atoms with Crippen LogP contribution in [0, 0.1) is 23.6 Å². The van der Waals surface area contributed by atoms with Gasteiger partial charge in [-0.1, -0.05) is 61.8 Å². The van der Waals surface area contributed by atoms with E-state index in [4.69, 9.17) is 16.3 Å². The van der Waals surface area contributed by atoms with Gasteiger partial charge >= 0.3 is 0 Å². The van der Waals surface area contributed by atoms with Gasteiger partial charge in [-0.05, 0) is 86.8 Å². The van der Waals surface area contributed by atoms with Gasteiger partial charge in [-0.2, -0.15) is 0 Å². The van der Waals surface area contributed by atoms with E-state index < -0.39 is 0 Å². The molecule has 1 aliphatic carbocycles. The van der Waals surface area contributed by atoms with Crippen LogP contribution >= 0.6 is 11.6 Å². The summed E-state index contributed by atoms with van der Waals surface area (Å²) >= 11 is 5.79. The van der Waals surface area contributed by atoms with E-state index in [1.165, 1.54) is 69.4 Å². The second kappa shape index (κ2) is 12.9. The van der Waals surface area contributed by atoms with E-state index >= 15 is 0 Å². The van der Waals surface area contributed by atoms with Gasteiger partial charge in [0, 0.05) is 17.2 Å². The van der Waals surface area contributed by atoms with Crippen LogP contribution in [0.25, 0.3) is 0 Å². The number of hydrogen-bond donors (Lipinski definition) is 0. The van der Waals surface area contributed by atoms with Gasteiger partial charge in [0.15, 0.2) is 0 Å². The lowest BCUT2D eigenvalue weighted by atomic mass is 9.83. The molecule has 2 aromatic carbocycles. The Labute approximate surface area is 192 Å². The fourth-order valence-electron chi connectivity index (χ4n) is 4.22. The molecule has 0 bridgehead atoms. The molecule has 2 aromatic rings. The van der Waals surface area contributed by atoms with E-state index in [0.717, 1.165) is 24.5 Å². The summed E-state index contributed by atoms with van der Waals surface area (Å²) in [6.07, 6.45) is 13.0. The quantitative estimate of drug-likeness (QED) is 0.283. The molecule has 0 unspecified atom stereocenters. The van der Waals surface area contributed by atoms with E-state index in [1.807, 2.05) is 12.1 Å². The zero-order valence-electron chi connectivity index (χ0n) is 18.6. The Kier molecular flexibility index (Phi) is 9.91. The normalized spacial score (nSPS) is 18.4. The molecule has 0 N–H and O–H groups in total. The first kappa shape index (κ1) is 23.8. The second-order valence-electron chi connectivity index (χ2n) is 8.68. The van der Waals surface area contributed by atoms with Crippen molar-refractivity contribution in [3.8, 4) is 11.8 Å². The van der Waals surface area contributed by atoms with Gasteiger partial charge in [-0.25, -0.2) is 4.39 Å². The maximum Gasteiger partial charge on any atom is 0.140 e. The molecule has 0 aliphatic heterocycles. The van der Waals surface area contributed by atoms with E-state index in [1.54, 1.807) is 12.1 Å². The van der Waals surface area contributed by atoms with Crippen LogP contribution in [0.15, 0.2) is 42.5 Å². The van der Waals surface area contributed by atoms with Crippen LogP contribution < -0.4 is 0 Å². The summed E-state index contributed by atoms with van der Waals surface area (Å²) in [6, 6.07) is 12.9. The van der Waals surface area contributed by atoms with Gasteiger partial charge in [-0.3, -0.25) is 0 Å². The highest BCUT2D eigenvalue weighted by Crippen LogP contribution is 2.29. The number of ether oxygens (including phenoxy) is 1. The molecule has 1 nitrogen and oxygen atoms in total. The SMILES string of the molecule is CCCCCCOC1CCC(CCc2ccc(C#Cc3ccc(Cl)cc3F)cc2)CC1. The molecule has 0 saturated heterocycles. The molecule has 31 heavy (non-hydrogen) atoms. The summed E-state index contributed by atoms with van der Waals surface area (Å²) in [5, 5.41) is 0.385. The Balaban J connectivity index is 1.38. The van der Waals surface area contributed by atoms with Crippen LogP contribution in [0.2, 0.25) is 5.02 Å². The minimum absolute atomic E-state index is 0.369. The first-order valence-corrected chi connectivity index (χ1v) is 12.2. The summed E-state index contributed by atoms with van der Waals surface area (Å²) in [4.78, 5) is 0. The van der Waals surface area contributed by atoms with Crippen molar-refractivity contribution in [2.24, 2.45) is 5.92 Å². The number of hydrogen-bond acceptors (Lipinski definition) is 1. The molecular formula is C28H34ClFO. The van der Waals surface area contributed by atoms with Gasteiger partial charge in [0.25, 0.3) is 0 Å². The molecule has 0 amide bonds. The molecule has 3 heteroatoms. The average molecular weight is 441 g/mol.